The molecule has 0 fully saturated rings. The molecule has 3 heteroatoms. The lowest BCUT2D eigenvalue weighted by molar-refractivity contribution is 0.409. The number of hydrogen-bond acceptors (Lipinski definition) is 1. The summed E-state index contributed by atoms with van der Waals surface area (Å²) in [6.45, 7) is 2.05. The van der Waals surface area contributed by atoms with Crippen LogP contribution in [0.4, 0.5) is 0 Å². The second-order valence-electron chi connectivity index (χ2n) is 4.44. The molecule has 2 aromatic rings. The first-order valence-corrected chi connectivity index (χ1v) is 7.44. The maximum absolute atomic E-state index is 6.17. The Morgan fingerprint density at radius 1 is 1.16 bits per heavy atom. The maximum Gasteiger partial charge on any atom is 0.122 e. The second kappa shape index (κ2) is 6.44. The summed E-state index contributed by atoms with van der Waals surface area (Å²) in [4.78, 5) is 0.225. The summed E-state index contributed by atoms with van der Waals surface area (Å²) in [6.07, 6.45) is 0.866. The van der Waals surface area contributed by atoms with E-state index in [2.05, 4.69) is 28.1 Å². The van der Waals surface area contributed by atoms with Crippen molar-refractivity contribution in [2.24, 2.45) is 0 Å². The minimum atomic E-state index is 0.225. The van der Waals surface area contributed by atoms with Gasteiger partial charge in [-0.05, 0) is 42.2 Å². The van der Waals surface area contributed by atoms with Crippen LogP contribution in [0.15, 0.2) is 42.5 Å². The highest BCUT2D eigenvalue weighted by atomic mass is 79.9. The van der Waals surface area contributed by atoms with Gasteiger partial charge in [0, 0.05) is 9.85 Å². The summed E-state index contributed by atoms with van der Waals surface area (Å²) in [7, 11) is 1.70. The Kier molecular flexibility index (Phi) is 4.89. The van der Waals surface area contributed by atoms with Crippen molar-refractivity contribution in [1.29, 1.82) is 0 Å². The van der Waals surface area contributed by atoms with Crippen LogP contribution in [0.3, 0.4) is 0 Å². The second-order valence-corrected chi connectivity index (χ2v) is 5.95. The van der Waals surface area contributed by atoms with Crippen LogP contribution < -0.4 is 4.74 Å². The lowest BCUT2D eigenvalue weighted by Crippen LogP contribution is -2.00. The van der Waals surface area contributed by atoms with Gasteiger partial charge >= 0.3 is 0 Å². The lowest BCUT2D eigenvalue weighted by atomic mass is 10.00. The van der Waals surface area contributed by atoms with Gasteiger partial charge in [0.25, 0.3) is 0 Å². The van der Waals surface area contributed by atoms with Gasteiger partial charge in [-0.3, -0.25) is 0 Å². The van der Waals surface area contributed by atoms with Gasteiger partial charge in [-0.25, -0.2) is 0 Å². The Bertz CT molecular complexity index is 568. The van der Waals surface area contributed by atoms with E-state index < -0.39 is 0 Å². The van der Waals surface area contributed by atoms with E-state index in [1.165, 1.54) is 11.1 Å². The van der Waals surface area contributed by atoms with Crippen LogP contribution in [0.2, 0.25) is 5.02 Å². The number of benzene rings is 2. The summed E-state index contributed by atoms with van der Waals surface area (Å²) >= 11 is 9.93. The van der Waals surface area contributed by atoms with E-state index in [9.17, 15) is 0 Å². The molecule has 0 heterocycles. The molecule has 19 heavy (non-hydrogen) atoms. The van der Waals surface area contributed by atoms with Crippen LogP contribution in [-0.2, 0) is 6.42 Å². The van der Waals surface area contributed by atoms with Gasteiger partial charge in [-0.2, -0.15) is 0 Å². The van der Waals surface area contributed by atoms with E-state index in [-0.39, 0.29) is 4.83 Å². The summed E-state index contributed by atoms with van der Waals surface area (Å²) in [5, 5.41) is 0.807. The van der Waals surface area contributed by atoms with E-state index >= 15 is 0 Å². The molecule has 0 radical (unpaired) electrons. The molecule has 0 aliphatic heterocycles. The average Bonchev–Trinajstić information content (AvgIpc) is 2.42. The van der Waals surface area contributed by atoms with Gasteiger partial charge in [-0.1, -0.05) is 57.9 Å². The molecule has 1 nitrogen and oxygen atoms in total. The van der Waals surface area contributed by atoms with Crippen LogP contribution in [0.5, 0.6) is 5.75 Å². The third kappa shape index (κ3) is 3.31. The lowest BCUT2D eigenvalue weighted by Gasteiger charge is -2.16. The maximum atomic E-state index is 6.17. The highest BCUT2D eigenvalue weighted by molar-refractivity contribution is 9.09. The first-order valence-electron chi connectivity index (χ1n) is 6.14. The normalized spacial score (nSPS) is 12.2. The van der Waals surface area contributed by atoms with Gasteiger partial charge in [0.15, 0.2) is 0 Å². The highest BCUT2D eigenvalue weighted by Gasteiger charge is 2.14. The Balaban J connectivity index is 2.26. The Morgan fingerprint density at radius 3 is 2.63 bits per heavy atom. The van der Waals surface area contributed by atoms with E-state index in [1.807, 2.05) is 37.3 Å². The van der Waals surface area contributed by atoms with E-state index in [0.29, 0.717) is 0 Å². The molecule has 0 saturated heterocycles. The summed E-state index contributed by atoms with van der Waals surface area (Å²) < 4.78 is 5.39. The number of alkyl halides is 1. The number of hydrogen-bond donors (Lipinski definition) is 0. The smallest absolute Gasteiger partial charge is 0.122 e. The van der Waals surface area contributed by atoms with Crippen molar-refractivity contribution >= 4 is 27.5 Å². The van der Waals surface area contributed by atoms with Gasteiger partial charge in [0.2, 0.25) is 0 Å². The molecule has 0 spiro atoms. The fourth-order valence-corrected chi connectivity index (χ4v) is 3.16. The molecule has 1 atom stereocenters. The van der Waals surface area contributed by atoms with Crippen LogP contribution in [0, 0.1) is 6.92 Å². The number of halogens is 2. The molecule has 2 rings (SSSR count). The average molecular weight is 340 g/mol. The molecule has 0 bridgehead atoms. The molecular formula is C16H16BrClO. The van der Waals surface area contributed by atoms with E-state index in [0.717, 1.165) is 22.8 Å². The summed E-state index contributed by atoms with van der Waals surface area (Å²) in [6, 6.07) is 14.1. The Morgan fingerprint density at radius 2 is 1.89 bits per heavy atom. The molecule has 0 aliphatic rings. The molecule has 0 aromatic heterocycles. The molecule has 0 saturated carbocycles. The zero-order valence-electron chi connectivity index (χ0n) is 11.0. The fourth-order valence-electron chi connectivity index (χ4n) is 2.14. The molecule has 0 N–H and O–H groups in total. The highest BCUT2D eigenvalue weighted by Crippen LogP contribution is 2.34. The number of methoxy groups -OCH3 is 1. The van der Waals surface area contributed by atoms with E-state index in [4.69, 9.17) is 16.3 Å². The molecular weight excluding hydrogens is 324 g/mol. The minimum absolute atomic E-state index is 0.225. The summed E-state index contributed by atoms with van der Waals surface area (Å²) in [5.41, 5.74) is 3.53. The van der Waals surface area contributed by atoms with Crippen molar-refractivity contribution in [2.75, 3.05) is 7.11 Å². The van der Waals surface area contributed by atoms with Crippen molar-refractivity contribution in [1.82, 2.24) is 0 Å². The number of para-hydroxylation sites is 1. The molecule has 0 amide bonds. The van der Waals surface area contributed by atoms with Crippen LogP contribution in [0.25, 0.3) is 0 Å². The molecule has 1 unspecified atom stereocenters. The molecule has 0 aliphatic carbocycles. The topological polar surface area (TPSA) is 9.23 Å². The monoisotopic (exact) mass is 338 g/mol. The zero-order valence-corrected chi connectivity index (χ0v) is 13.3. The fraction of sp³-hybridized carbons (Fsp3) is 0.250. The van der Waals surface area contributed by atoms with Crippen LogP contribution in [-0.4, -0.2) is 7.11 Å². The predicted molar refractivity (Wildman–Crippen MR) is 84.6 cm³/mol. The predicted octanol–water partition coefficient (Wildman–Crippen LogP) is 5.34. The van der Waals surface area contributed by atoms with Gasteiger partial charge in [0.05, 0.1) is 7.11 Å². The van der Waals surface area contributed by atoms with Crippen LogP contribution in [0.1, 0.15) is 21.5 Å². The third-order valence-corrected chi connectivity index (χ3v) is 4.47. The van der Waals surface area contributed by atoms with Gasteiger partial charge in [0.1, 0.15) is 5.75 Å². The van der Waals surface area contributed by atoms with Crippen LogP contribution >= 0.6 is 27.5 Å². The van der Waals surface area contributed by atoms with Crippen molar-refractivity contribution in [2.45, 2.75) is 18.2 Å². The minimum Gasteiger partial charge on any atom is -0.496 e. The third-order valence-electron chi connectivity index (χ3n) is 3.24. The Hall–Kier alpha value is -0.990. The summed E-state index contributed by atoms with van der Waals surface area (Å²) in [5.74, 6) is 0.923. The standard InChI is InChI=1S/C16H16BrClO/c1-11-13(7-5-8-15(11)18)14(17)10-12-6-3-4-9-16(12)19-2/h3-9,14H,10H2,1-2H3. The van der Waals surface area contributed by atoms with Crippen molar-refractivity contribution in [3.63, 3.8) is 0 Å². The SMILES string of the molecule is COc1ccccc1CC(Br)c1cccc(Cl)c1C. The first kappa shape index (κ1) is 14.4. The molecule has 100 valence electrons. The zero-order chi connectivity index (χ0) is 13.8. The largest absolute Gasteiger partial charge is 0.496 e. The van der Waals surface area contributed by atoms with Crippen molar-refractivity contribution in [3.8, 4) is 5.75 Å². The van der Waals surface area contributed by atoms with Gasteiger partial charge < -0.3 is 4.74 Å². The van der Waals surface area contributed by atoms with E-state index in [1.54, 1.807) is 7.11 Å². The quantitative estimate of drug-likeness (QED) is 0.684. The molecule has 2 aromatic carbocycles. The van der Waals surface area contributed by atoms with Gasteiger partial charge in [-0.15, -0.1) is 0 Å². The Labute approximate surface area is 127 Å². The van der Waals surface area contributed by atoms with Crippen molar-refractivity contribution in [3.05, 3.63) is 64.2 Å². The number of rotatable bonds is 4. The first-order chi connectivity index (χ1) is 9.13. The number of ether oxygens (including phenoxy) is 1. The van der Waals surface area contributed by atoms with Crippen molar-refractivity contribution < 1.29 is 4.74 Å².